The Kier molecular flexibility index (Phi) is 6.50. The molecule has 1 amide bonds. The molecule has 116 valence electrons. The van der Waals surface area contributed by atoms with Crippen molar-refractivity contribution >= 4 is 17.3 Å². The molecule has 0 aliphatic carbocycles. The molecule has 0 unspecified atom stereocenters. The fraction of sp³-hybridized carbons (Fsp3) is 0.417. The van der Waals surface area contributed by atoms with Gasteiger partial charge in [0.1, 0.15) is 5.56 Å². The second kappa shape index (κ2) is 8.12. The smallest absolute Gasteiger partial charge is 0.285 e. The van der Waals surface area contributed by atoms with Crippen LogP contribution < -0.4 is 16.6 Å². The molecule has 0 aliphatic rings. The van der Waals surface area contributed by atoms with Gasteiger partial charge in [0.2, 0.25) is 0 Å². The number of ether oxygens (including phenoxy) is 1. The van der Waals surface area contributed by atoms with Gasteiger partial charge in [-0.3, -0.25) is 20.8 Å². The number of nitrogens with one attached hydrogen (secondary N) is 2. The number of benzene rings is 1. The third-order valence-corrected chi connectivity index (χ3v) is 2.74. The SMILES string of the molecule is COCCCCNC(=O)c1cc(NN)c(F)cc1[N+](=O)[O-]. The molecule has 4 N–H and O–H groups in total. The van der Waals surface area contributed by atoms with Crippen molar-refractivity contribution < 1.29 is 18.8 Å². The molecular formula is C12H17FN4O4. The van der Waals surface area contributed by atoms with Crippen LogP contribution in [0, 0.1) is 15.9 Å². The Labute approximate surface area is 120 Å². The van der Waals surface area contributed by atoms with E-state index in [1.54, 1.807) is 7.11 Å². The highest BCUT2D eigenvalue weighted by Crippen LogP contribution is 2.25. The van der Waals surface area contributed by atoms with E-state index in [2.05, 4.69) is 5.32 Å². The summed E-state index contributed by atoms with van der Waals surface area (Å²) in [5, 5.41) is 13.4. The van der Waals surface area contributed by atoms with Gasteiger partial charge in [-0.05, 0) is 18.9 Å². The molecule has 0 saturated carbocycles. The lowest BCUT2D eigenvalue weighted by molar-refractivity contribution is -0.385. The lowest BCUT2D eigenvalue weighted by atomic mass is 10.1. The lowest BCUT2D eigenvalue weighted by Crippen LogP contribution is -2.26. The number of hydrazine groups is 1. The van der Waals surface area contributed by atoms with E-state index < -0.39 is 22.3 Å². The van der Waals surface area contributed by atoms with E-state index in [1.807, 2.05) is 5.43 Å². The van der Waals surface area contributed by atoms with Crippen LogP contribution in [-0.2, 0) is 4.74 Å². The molecule has 0 heterocycles. The molecule has 1 aromatic carbocycles. The number of hydrogen-bond donors (Lipinski definition) is 3. The number of halogens is 1. The van der Waals surface area contributed by atoms with Gasteiger partial charge >= 0.3 is 0 Å². The predicted molar refractivity (Wildman–Crippen MR) is 74.3 cm³/mol. The van der Waals surface area contributed by atoms with E-state index in [0.717, 1.165) is 12.5 Å². The molecule has 1 aromatic rings. The third kappa shape index (κ3) is 4.65. The highest BCUT2D eigenvalue weighted by atomic mass is 19.1. The summed E-state index contributed by atoms with van der Waals surface area (Å²) in [7, 11) is 1.57. The topological polar surface area (TPSA) is 120 Å². The first-order chi connectivity index (χ1) is 10.0. The summed E-state index contributed by atoms with van der Waals surface area (Å²) >= 11 is 0. The summed E-state index contributed by atoms with van der Waals surface area (Å²) in [5.74, 6) is 3.54. The van der Waals surface area contributed by atoms with Gasteiger partial charge in [0.05, 0.1) is 16.7 Å². The average Bonchev–Trinajstić information content (AvgIpc) is 2.46. The van der Waals surface area contributed by atoms with Crippen molar-refractivity contribution in [3.05, 3.63) is 33.6 Å². The Morgan fingerprint density at radius 2 is 2.19 bits per heavy atom. The Hall–Kier alpha value is -2.26. The quantitative estimate of drug-likeness (QED) is 0.287. The van der Waals surface area contributed by atoms with Crippen LogP contribution in [0.3, 0.4) is 0 Å². The van der Waals surface area contributed by atoms with Crippen LogP contribution in [0.4, 0.5) is 15.8 Å². The average molecular weight is 300 g/mol. The zero-order chi connectivity index (χ0) is 15.8. The van der Waals surface area contributed by atoms with Crippen LogP contribution in [0.1, 0.15) is 23.2 Å². The number of nitro benzene ring substituents is 1. The van der Waals surface area contributed by atoms with Gasteiger partial charge < -0.3 is 15.5 Å². The zero-order valence-electron chi connectivity index (χ0n) is 11.5. The maximum absolute atomic E-state index is 13.5. The van der Waals surface area contributed by atoms with Crippen LogP contribution in [0.2, 0.25) is 0 Å². The molecule has 0 aromatic heterocycles. The molecule has 9 heteroatoms. The molecule has 0 spiro atoms. The number of unbranched alkanes of at least 4 members (excludes halogenated alkanes) is 1. The lowest BCUT2D eigenvalue weighted by Gasteiger charge is -2.08. The number of anilines is 1. The van der Waals surface area contributed by atoms with Gasteiger partial charge in [0, 0.05) is 20.3 Å². The summed E-state index contributed by atoms with van der Waals surface area (Å²) in [6.07, 6.45) is 1.41. The maximum Gasteiger partial charge on any atom is 0.285 e. The van der Waals surface area contributed by atoms with Crippen LogP contribution in [0.5, 0.6) is 0 Å². The Bertz CT molecular complexity index is 524. The third-order valence-electron chi connectivity index (χ3n) is 2.74. The summed E-state index contributed by atoms with van der Waals surface area (Å²) < 4.78 is 18.3. The molecule has 0 bridgehead atoms. The van der Waals surface area contributed by atoms with Gasteiger partial charge in [-0.25, -0.2) is 4.39 Å². The van der Waals surface area contributed by atoms with Crippen LogP contribution >= 0.6 is 0 Å². The molecule has 1 rings (SSSR count). The minimum Gasteiger partial charge on any atom is -0.385 e. The van der Waals surface area contributed by atoms with E-state index in [9.17, 15) is 19.3 Å². The van der Waals surface area contributed by atoms with E-state index in [1.165, 1.54) is 0 Å². The second-order valence-corrected chi connectivity index (χ2v) is 4.21. The van der Waals surface area contributed by atoms with E-state index >= 15 is 0 Å². The zero-order valence-corrected chi connectivity index (χ0v) is 11.5. The van der Waals surface area contributed by atoms with Gasteiger partial charge in [0.15, 0.2) is 5.82 Å². The fourth-order valence-corrected chi connectivity index (χ4v) is 1.67. The largest absolute Gasteiger partial charge is 0.385 e. The molecule has 0 aliphatic heterocycles. The number of rotatable bonds is 8. The minimum absolute atomic E-state index is 0.190. The maximum atomic E-state index is 13.5. The number of nitrogen functional groups attached to an aromatic ring is 1. The molecular weight excluding hydrogens is 283 g/mol. The van der Waals surface area contributed by atoms with E-state index in [-0.39, 0.29) is 11.3 Å². The van der Waals surface area contributed by atoms with E-state index in [0.29, 0.717) is 25.6 Å². The van der Waals surface area contributed by atoms with Crippen LogP contribution in [0.15, 0.2) is 12.1 Å². The summed E-state index contributed by atoms with van der Waals surface area (Å²) in [6.45, 7) is 0.899. The molecule has 21 heavy (non-hydrogen) atoms. The van der Waals surface area contributed by atoms with Gasteiger partial charge in [0.25, 0.3) is 11.6 Å². The van der Waals surface area contributed by atoms with Crippen molar-refractivity contribution in [3.8, 4) is 0 Å². The highest BCUT2D eigenvalue weighted by molar-refractivity contribution is 5.99. The van der Waals surface area contributed by atoms with Crippen molar-refractivity contribution in [2.45, 2.75) is 12.8 Å². The Morgan fingerprint density at radius 1 is 1.48 bits per heavy atom. The molecule has 0 saturated heterocycles. The number of nitrogens with zero attached hydrogens (tertiary/aromatic N) is 1. The van der Waals surface area contributed by atoms with Crippen molar-refractivity contribution in [2.75, 3.05) is 25.7 Å². The molecule has 0 atom stereocenters. The van der Waals surface area contributed by atoms with Gasteiger partial charge in [-0.1, -0.05) is 0 Å². The molecule has 0 radical (unpaired) electrons. The summed E-state index contributed by atoms with van der Waals surface area (Å²) in [5.41, 5.74) is 0.998. The van der Waals surface area contributed by atoms with Crippen molar-refractivity contribution in [1.82, 2.24) is 5.32 Å². The molecule has 0 fully saturated rings. The monoisotopic (exact) mass is 300 g/mol. The normalized spacial score (nSPS) is 10.2. The molecule has 8 nitrogen and oxygen atoms in total. The van der Waals surface area contributed by atoms with Gasteiger partial charge in [-0.15, -0.1) is 0 Å². The van der Waals surface area contributed by atoms with E-state index in [4.69, 9.17) is 10.6 Å². The predicted octanol–water partition coefficient (Wildman–Crippen LogP) is 1.18. The van der Waals surface area contributed by atoms with Gasteiger partial charge in [-0.2, -0.15) is 0 Å². The number of methoxy groups -OCH3 is 1. The first-order valence-electron chi connectivity index (χ1n) is 6.23. The number of nitrogens with two attached hydrogens (primary N) is 1. The minimum atomic E-state index is -0.902. The van der Waals surface area contributed by atoms with Crippen molar-refractivity contribution in [3.63, 3.8) is 0 Å². The number of nitro groups is 1. The standard InChI is InChI=1S/C12H17FN4O4/c1-21-5-3-2-4-15-12(18)8-6-10(16-14)9(13)7-11(8)17(19)20/h6-7,16H,2-5,14H2,1H3,(H,15,18). The number of hydrogen-bond acceptors (Lipinski definition) is 6. The Morgan fingerprint density at radius 3 is 2.76 bits per heavy atom. The van der Waals surface area contributed by atoms with Crippen molar-refractivity contribution in [2.24, 2.45) is 5.84 Å². The van der Waals surface area contributed by atoms with Crippen LogP contribution in [0.25, 0.3) is 0 Å². The number of amides is 1. The second-order valence-electron chi connectivity index (χ2n) is 4.21. The van der Waals surface area contributed by atoms with Crippen molar-refractivity contribution in [1.29, 1.82) is 0 Å². The number of carbonyl (C=O) groups excluding carboxylic acids is 1. The first kappa shape index (κ1) is 16.8. The fourth-order valence-electron chi connectivity index (χ4n) is 1.67. The highest BCUT2D eigenvalue weighted by Gasteiger charge is 2.23. The first-order valence-corrected chi connectivity index (χ1v) is 6.23. The summed E-state index contributed by atoms with van der Waals surface area (Å²) in [6, 6.07) is 1.67. The van der Waals surface area contributed by atoms with Crippen LogP contribution in [-0.4, -0.2) is 31.1 Å². The summed E-state index contributed by atoms with van der Waals surface area (Å²) in [4.78, 5) is 22.0. The number of carbonyl (C=O) groups is 1. The Balaban J connectivity index is 2.84.